The Morgan fingerprint density at radius 3 is 2.45 bits per heavy atom. The summed E-state index contributed by atoms with van der Waals surface area (Å²) in [6, 6.07) is 16.3. The average Bonchev–Trinajstić information content (AvgIpc) is 3.33. The predicted molar refractivity (Wildman–Crippen MR) is 121 cm³/mol. The van der Waals surface area contributed by atoms with Crippen molar-refractivity contribution in [1.29, 1.82) is 0 Å². The molecule has 1 aromatic heterocycles. The van der Waals surface area contributed by atoms with Crippen molar-refractivity contribution in [3.8, 4) is 0 Å². The van der Waals surface area contributed by atoms with E-state index in [4.69, 9.17) is 0 Å². The molecule has 0 saturated heterocycles. The maximum atomic E-state index is 13.1. The predicted octanol–water partition coefficient (Wildman–Crippen LogP) is 4.59. The lowest BCUT2D eigenvalue weighted by Gasteiger charge is -2.24. The highest BCUT2D eigenvalue weighted by Crippen LogP contribution is 2.42. The summed E-state index contributed by atoms with van der Waals surface area (Å²) < 4.78 is 0. The molecule has 0 spiro atoms. The molecular weight excluding hydrogens is 410 g/mol. The lowest BCUT2D eigenvalue weighted by molar-refractivity contribution is -0.117. The van der Waals surface area contributed by atoms with Crippen molar-refractivity contribution in [3.05, 3.63) is 93.7 Å². The van der Waals surface area contributed by atoms with Gasteiger partial charge in [-0.25, -0.2) is 0 Å². The van der Waals surface area contributed by atoms with Crippen LogP contribution in [0.2, 0.25) is 0 Å². The first-order chi connectivity index (χ1) is 15.0. The summed E-state index contributed by atoms with van der Waals surface area (Å²) in [5, 5.41) is 19.8. The highest BCUT2D eigenvalue weighted by atomic mass is 32.1. The number of hydrogen-bond acceptors (Lipinski definition) is 6. The Morgan fingerprint density at radius 1 is 1.13 bits per heavy atom. The molecule has 4 rings (SSSR count). The van der Waals surface area contributed by atoms with Gasteiger partial charge in [-0.05, 0) is 36.1 Å². The van der Waals surface area contributed by atoms with E-state index < -0.39 is 23.5 Å². The number of aromatic nitrogens is 2. The fourth-order valence-electron chi connectivity index (χ4n) is 3.51. The minimum atomic E-state index is -0.779. The number of rotatable bonds is 6. The van der Waals surface area contributed by atoms with E-state index >= 15 is 0 Å². The van der Waals surface area contributed by atoms with Crippen LogP contribution >= 0.6 is 11.3 Å². The van der Waals surface area contributed by atoms with Crippen LogP contribution in [0.3, 0.4) is 0 Å². The topological polar surface area (TPSA) is 83.4 Å². The molecule has 1 amide bonds. The molecular formula is C24H21N3O3S. The van der Waals surface area contributed by atoms with Crippen LogP contribution in [0.15, 0.2) is 72.0 Å². The van der Waals surface area contributed by atoms with Gasteiger partial charge in [-0.1, -0.05) is 78.9 Å². The van der Waals surface area contributed by atoms with Crippen molar-refractivity contribution < 1.29 is 14.7 Å². The number of anilines is 1. The molecule has 1 N–H and O–H groups in total. The molecule has 0 saturated carbocycles. The van der Waals surface area contributed by atoms with Crippen LogP contribution in [-0.2, 0) is 16.0 Å². The third-order valence-corrected chi connectivity index (χ3v) is 5.96. The van der Waals surface area contributed by atoms with Gasteiger partial charge in [0.05, 0.1) is 11.6 Å². The van der Waals surface area contributed by atoms with Crippen LogP contribution in [-0.4, -0.2) is 27.0 Å². The summed E-state index contributed by atoms with van der Waals surface area (Å²) >= 11 is 1.24. The second-order valence-corrected chi connectivity index (χ2v) is 8.31. The maximum absolute atomic E-state index is 13.1. The zero-order valence-electron chi connectivity index (χ0n) is 17.1. The number of carbonyl (C=O) groups is 2. The Balaban J connectivity index is 1.77. The number of aliphatic hydroxyl groups excluding tert-OH is 1. The number of allylic oxidation sites excluding steroid dienone is 1. The van der Waals surface area contributed by atoms with Gasteiger partial charge >= 0.3 is 0 Å². The Kier molecular flexibility index (Phi) is 5.77. The van der Waals surface area contributed by atoms with Crippen LogP contribution in [0.5, 0.6) is 0 Å². The molecule has 2 aromatic carbocycles. The SMILES string of the molecule is CCc1ccc(C2C(C(=O)C=Cc3ccccc3)=C(O)C(=O)N2c2nnc(C)s2)cc1. The van der Waals surface area contributed by atoms with E-state index in [-0.39, 0.29) is 5.57 Å². The first kappa shape index (κ1) is 20.7. The molecule has 1 aliphatic rings. The molecule has 6 nitrogen and oxygen atoms in total. The van der Waals surface area contributed by atoms with E-state index in [1.807, 2.05) is 54.6 Å². The van der Waals surface area contributed by atoms with Crippen molar-refractivity contribution in [2.24, 2.45) is 0 Å². The second-order valence-electron chi connectivity index (χ2n) is 7.15. The minimum Gasteiger partial charge on any atom is -0.503 e. The summed E-state index contributed by atoms with van der Waals surface area (Å²) in [6.45, 7) is 3.84. The maximum Gasteiger partial charge on any atom is 0.296 e. The lowest BCUT2D eigenvalue weighted by atomic mass is 9.95. The summed E-state index contributed by atoms with van der Waals surface area (Å²) in [6.07, 6.45) is 3.92. The molecule has 1 unspecified atom stereocenters. The number of nitrogens with zero attached hydrogens (tertiary/aromatic N) is 3. The number of hydrogen-bond donors (Lipinski definition) is 1. The largest absolute Gasteiger partial charge is 0.503 e. The summed E-state index contributed by atoms with van der Waals surface area (Å²) in [4.78, 5) is 27.5. The Morgan fingerprint density at radius 2 is 1.84 bits per heavy atom. The molecule has 0 bridgehead atoms. The average molecular weight is 432 g/mol. The number of amides is 1. The third kappa shape index (κ3) is 4.04. The summed E-state index contributed by atoms with van der Waals surface area (Å²) in [5.74, 6) is -1.64. The molecule has 156 valence electrons. The van der Waals surface area contributed by atoms with Crippen molar-refractivity contribution in [2.75, 3.05) is 4.90 Å². The van der Waals surface area contributed by atoms with E-state index in [1.54, 1.807) is 13.0 Å². The number of benzene rings is 2. The van der Waals surface area contributed by atoms with Crippen LogP contribution in [0.25, 0.3) is 6.08 Å². The summed E-state index contributed by atoms with van der Waals surface area (Å²) in [7, 11) is 0. The van der Waals surface area contributed by atoms with Gasteiger partial charge in [0.25, 0.3) is 5.91 Å². The third-order valence-electron chi connectivity index (χ3n) is 5.13. The molecule has 3 aromatic rings. The van der Waals surface area contributed by atoms with Crippen molar-refractivity contribution in [2.45, 2.75) is 26.3 Å². The van der Waals surface area contributed by atoms with E-state index in [1.165, 1.54) is 22.3 Å². The molecule has 2 heterocycles. The quantitative estimate of drug-likeness (QED) is 0.577. The van der Waals surface area contributed by atoms with Crippen LogP contribution in [0, 0.1) is 6.92 Å². The van der Waals surface area contributed by atoms with Gasteiger partial charge < -0.3 is 5.11 Å². The molecule has 0 aliphatic carbocycles. The monoisotopic (exact) mass is 431 g/mol. The molecule has 1 atom stereocenters. The minimum absolute atomic E-state index is 0.0364. The van der Waals surface area contributed by atoms with E-state index in [2.05, 4.69) is 17.1 Å². The Hall–Kier alpha value is -3.58. The van der Waals surface area contributed by atoms with Crippen molar-refractivity contribution in [3.63, 3.8) is 0 Å². The smallest absolute Gasteiger partial charge is 0.296 e. The van der Waals surface area contributed by atoms with Crippen LogP contribution in [0.4, 0.5) is 5.13 Å². The molecule has 0 radical (unpaired) electrons. The zero-order valence-corrected chi connectivity index (χ0v) is 18.0. The van der Waals surface area contributed by atoms with Gasteiger partial charge in [-0.15, -0.1) is 10.2 Å². The van der Waals surface area contributed by atoms with E-state index in [0.717, 1.165) is 23.1 Å². The summed E-state index contributed by atoms with van der Waals surface area (Å²) in [5.41, 5.74) is 2.74. The van der Waals surface area contributed by atoms with Crippen LogP contribution in [0.1, 0.15) is 34.7 Å². The fraction of sp³-hybridized carbons (Fsp3) is 0.167. The lowest BCUT2D eigenvalue weighted by Crippen LogP contribution is -2.30. The molecule has 7 heteroatoms. The van der Waals surface area contributed by atoms with Gasteiger partial charge in [0, 0.05) is 0 Å². The molecule has 0 fully saturated rings. The first-order valence-electron chi connectivity index (χ1n) is 9.92. The Bertz CT molecular complexity index is 1180. The number of aryl methyl sites for hydroxylation is 2. The van der Waals surface area contributed by atoms with Crippen molar-refractivity contribution in [1.82, 2.24) is 10.2 Å². The second kappa shape index (κ2) is 8.65. The number of ketones is 1. The molecule has 1 aliphatic heterocycles. The van der Waals surface area contributed by atoms with Crippen molar-refractivity contribution >= 4 is 34.2 Å². The molecule has 31 heavy (non-hydrogen) atoms. The standard InChI is InChI=1S/C24H21N3O3S/c1-3-16-9-12-18(13-10-16)21-20(19(28)14-11-17-7-5-4-6-8-17)22(29)23(30)27(21)24-26-25-15(2)31-24/h4-14,21,29H,3H2,1-2H3. The van der Waals surface area contributed by atoms with E-state index in [0.29, 0.717) is 10.1 Å². The first-order valence-corrected chi connectivity index (χ1v) is 10.7. The number of aliphatic hydroxyl groups is 1. The van der Waals surface area contributed by atoms with Gasteiger partial charge in [0.2, 0.25) is 5.13 Å². The fourth-order valence-corrected chi connectivity index (χ4v) is 4.23. The highest BCUT2D eigenvalue weighted by Gasteiger charge is 2.45. The Labute approximate surface area is 184 Å². The zero-order chi connectivity index (χ0) is 22.0. The van der Waals surface area contributed by atoms with Crippen LogP contribution < -0.4 is 4.90 Å². The van der Waals surface area contributed by atoms with E-state index in [9.17, 15) is 14.7 Å². The van der Waals surface area contributed by atoms with Gasteiger partial charge in [0.15, 0.2) is 11.5 Å². The normalized spacial score (nSPS) is 16.5. The van der Waals surface area contributed by atoms with Gasteiger partial charge in [-0.3, -0.25) is 14.5 Å². The highest BCUT2D eigenvalue weighted by molar-refractivity contribution is 7.15. The van der Waals surface area contributed by atoms with Gasteiger partial charge in [-0.2, -0.15) is 0 Å². The number of carbonyl (C=O) groups excluding carboxylic acids is 2. The van der Waals surface area contributed by atoms with Gasteiger partial charge in [0.1, 0.15) is 5.01 Å².